The van der Waals surface area contributed by atoms with Gasteiger partial charge in [-0.05, 0) is 23.8 Å². The predicted octanol–water partition coefficient (Wildman–Crippen LogP) is 1.66. The van der Waals surface area contributed by atoms with Gasteiger partial charge in [0.25, 0.3) is 5.91 Å². The summed E-state index contributed by atoms with van der Waals surface area (Å²) in [5.74, 6) is 0.554. The fourth-order valence-corrected chi connectivity index (χ4v) is 1.91. The van der Waals surface area contributed by atoms with Crippen molar-refractivity contribution in [3.63, 3.8) is 0 Å². The van der Waals surface area contributed by atoms with Crippen molar-refractivity contribution in [2.75, 3.05) is 14.2 Å². The van der Waals surface area contributed by atoms with Gasteiger partial charge in [-0.3, -0.25) is 9.59 Å². The number of rotatable bonds is 4. The number of H-pyrrole nitrogens is 1. The van der Waals surface area contributed by atoms with Crippen LogP contribution in [0.4, 0.5) is 0 Å². The van der Waals surface area contributed by atoms with Gasteiger partial charge >= 0.3 is 0 Å². The highest BCUT2D eigenvalue weighted by Gasteiger charge is 2.12. The van der Waals surface area contributed by atoms with Crippen LogP contribution in [0, 0.1) is 0 Å². The van der Waals surface area contributed by atoms with Crippen LogP contribution < -0.4 is 10.3 Å². The summed E-state index contributed by atoms with van der Waals surface area (Å²) in [7, 11) is 3.30. The molecule has 104 valence electrons. The summed E-state index contributed by atoms with van der Waals surface area (Å²) in [6.45, 7) is 0.447. The molecule has 1 N–H and O–H groups in total. The summed E-state index contributed by atoms with van der Waals surface area (Å²) in [4.78, 5) is 27.5. The second-order valence-electron chi connectivity index (χ2n) is 4.45. The molecule has 0 saturated heterocycles. The molecule has 2 rings (SSSR count). The van der Waals surface area contributed by atoms with Gasteiger partial charge < -0.3 is 14.6 Å². The molecular weight excluding hydrogens is 256 g/mol. The van der Waals surface area contributed by atoms with E-state index in [2.05, 4.69) is 4.98 Å². The molecule has 0 unspecified atom stereocenters. The number of aromatic amines is 1. The maximum atomic E-state index is 12.2. The normalized spacial score (nSPS) is 10.1. The molecule has 0 aliphatic carbocycles. The van der Waals surface area contributed by atoms with E-state index in [0.29, 0.717) is 12.1 Å². The van der Waals surface area contributed by atoms with E-state index in [9.17, 15) is 9.59 Å². The zero-order chi connectivity index (χ0) is 14.5. The smallest absolute Gasteiger partial charge is 0.254 e. The van der Waals surface area contributed by atoms with Crippen LogP contribution >= 0.6 is 0 Å². The predicted molar refractivity (Wildman–Crippen MR) is 75.9 cm³/mol. The monoisotopic (exact) mass is 272 g/mol. The first-order chi connectivity index (χ1) is 9.60. The van der Waals surface area contributed by atoms with Crippen LogP contribution in [0.1, 0.15) is 15.9 Å². The molecule has 1 aromatic carbocycles. The van der Waals surface area contributed by atoms with E-state index in [1.54, 1.807) is 25.1 Å². The van der Waals surface area contributed by atoms with Crippen LogP contribution in [-0.4, -0.2) is 29.9 Å². The van der Waals surface area contributed by atoms with E-state index in [1.807, 2.05) is 24.3 Å². The number of carbonyl (C=O) groups is 1. The van der Waals surface area contributed by atoms with E-state index in [4.69, 9.17) is 4.74 Å². The van der Waals surface area contributed by atoms with Crippen LogP contribution in [0.2, 0.25) is 0 Å². The molecule has 1 amide bonds. The molecule has 5 heteroatoms. The van der Waals surface area contributed by atoms with Gasteiger partial charge in [0.05, 0.1) is 7.11 Å². The summed E-state index contributed by atoms with van der Waals surface area (Å²) in [6.07, 6.45) is 1.47. The minimum atomic E-state index is -0.286. The minimum Gasteiger partial charge on any atom is -0.497 e. The maximum Gasteiger partial charge on any atom is 0.254 e. The van der Waals surface area contributed by atoms with Gasteiger partial charge in [0, 0.05) is 31.4 Å². The van der Waals surface area contributed by atoms with Gasteiger partial charge in [0.15, 0.2) is 0 Å². The number of amides is 1. The Morgan fingerprint density at radius 2 is 2.10 bits per heavy atom. The summed E-state index contributed by atoms with van der Waals surface area (Å²) in [5, 5.41) is 0. The lowest BCUT2D eigenvalue weighted by Crippen LogP contribution is -2.27. The molecule has 0 bridgehead atoms. The fourth-order valence-electron chi connectivity index (χ4n) is 1.91. The van der Waals surface area contributed by atoms with Crippen molar-refractivity contribution in [2.45, 2.75) is 6.54 Å². The van der Waals surface area contributed by atoms with Gasteiger partial charge in [-0.1, -0.05) is 12.1 Å². The van der Waals surface area contributed by atoms with Crippen molar-refractivity contribution in [3.8, 4) is 5.75 Å². The van der Waals surface area contributed by atoms with Crippen LogP contribution in [0.3, 0.4) is 0 Å². The largest absolute Gasteiger partial charge is 0.497 e. The lowest BCUT2D eigenvalue weighted by atomic mass is 10.2. The minimum absolute atomic E-state index is 0.195. The van der Waals surface area contributed by atoms with Crippen LogP contribution in [0.15, 0.2) is 47.4 Å². The highest BCUT2D eigenvalue weighted by molar-refractivity contribution is 5.93. The van der Waals surface area contributed by atoms with Crippen molar-refractivity contribution >= 4 is 5.91 Å². The highest BCUT2D eigenvalue weighted by Crippen LogP contribution is 2.14. The highest BCUT2D eigenvalue weighted by atomic mass is 16.5. The summed E-state index contributed by atoms with van der Waals surface area (Å²) < 4.78 is 5.15. The van der Waals surface area contributed by atoms with Gasteiger partial charge in [-0.15, -0.1) is 0 Å². The molecular formula is C15H16N2O3. The number of nitrogens with zero attached hydrogens (tertiary/aromatic N) is 1. The first-order valence-electron chi connectivity index (χ1n) is 6.17. The third kappa shape index (κ3) is 3.26. The molecule has 5 nitrogen and oxygen atoms in total. The fraction of sp³-hybridized carbons (Fsp3) is 0.200. The Balaban J connectivity index is 2.13. The van der Waals surface area contributed by atoms with Crippen molar-refractivity contribution in [3.05, 3.63) is 64.1 Å². The lowest BCUT2D eigenvalue weighted by Gasteiger charge is -2.17. The molecule has 0 spiro atoms. The third-order valence-electron chi connectivity index (χ3n) is 2.92. The molecule has 0 aliphatic heterocycles. The first kappa shape index (κ1) is 13.9. The third-order valence-corrected chi connectivity index (χ3v) is 2.92. The number of hydrogen-bond donors (Lipinski definition) is 1. The average Bonchev–Trinajstić information content (AvgIpc) is 2.46. The number of methoxy groups -OCH3 is 1. The number of ether oxygens (including phenoxy) is 1. The molecule has 0 saturated carbocycles. The number of hydrogen-bond acceptors (Lipinski definition) is 3. The molecule has 1 heterocycles. The van der Waals surface area contributed by atoms with E-state index in [1.165, 1.54) is 12.3 Å². The van der Waals surface area contributed by atoms with E-state index < -0.39 is 0 Å². The van der Waals surface area contributed by atoms with Gasteiger partial charge in [0.2, 0.25) is 5.56 Å². The van der Waals surface area contributed by atoms with Crippen molar-refractivity contribution < 1.29 is 9.53 Å². The molecule has 2 aromatic rings. The quantitative estimate of drug-likeness (QED) is 0.920. The Morgan fingerprint density at radius 3 is 2.80 bits per heavy atom. The van der Waals surface area contributed by atoms with E-state index >= 15 is 0 Å². The Hall–Kier alpha value is -2.56. The topological polar surface area (TPSA) is 62.4 Å². The van der Waals surface area contributed by atoms with E-state index in [-0.39, 0.29) is 11.5 Å². The van der Waals surface area contributed by atoms with Crippen molar-refractivity contribution in [1.82, 2.24) is 9.88 Å². The Kier molecular flexibility index (Phi) is 4.20. The number of pyridine rings is 1. The molecule has 0 radical (unpaired) electrons. The molecule has 20 heavy (non-hydrogen) atoms. The summed E-state index contributed by atoms with van der Waals surface area (Å²) >= 11 is 0. The van der Waals surface area contributed by atoms with Gasteiger partial charge in [0.1, 0.15) is 5.75 Å². The summed E-state index contributed by atoms with van der Waals surface area (Å²) in [6, 6.07) is 10.4. The molecule has 0 atom stereocenters. The van der Waals surface area contributed by atoms with Gasteiger partial charge in [-0.25, -0.2) is 0 Å². The summed E-state index contributed by atoms with van der Waals surface area (Å²) in [5.41, 5.74) is 1.05. The number of nitrogens with one attached hydrogen (secondary N) is 1. The maximum absolute atomic E-state index is 12.2. The average molecular weight is 272 g/mol. The first-order valence-corrected chi connectivity index (χ1v) is 6.17. The standard InChI is InChI=1S/C15H16N2O3/c1-17(10-11-4-3-5-13(8-11)20-2)15(19)12-6-7-16-14(18)9-12/h3-9H,10H2,1-2H3,(H,16,18). The second kappa shape index (κ2) is 6.06. The van der Waals surface area contributed by atoms with Crippen molar-refractivity contribution in [1.29, 1.82) is 0 Å². The van der Waals surface area contributed by atoms with Gasteiger partial charge in [-0.2, -0.15) is 0 Å². The zero-order valence-electron chi connectivity index (χ0n) is 11.4. The number of aromatic nitrogens is 1. The van der Waals surface area contributed by atoms with E-state index in [0.717, 1.165) is 11.3 Å². The number of carbonyl (C=O) groups excluding carboxylic acids is 1. The molecule has 0 fully saturated rings. The Bertz CT molecular complexity index is 664. The Morgan fingerprint density at radius 1 is 1.30 bits per heavy atom. The van der Waals surface area contributed by atoms with Crippen LogP contribution in [0.5, 0.6) is 5.75 Å². The van der Waals surface area contributed by atoms with Crippen LogP contribution in [-0.2, 0) is 6.54 Å². The van der Waals surface area contributed by atoms with Crippen LogP contribution in [0.25, 0.3) is 0 Å². The molecule has 0 aliphatic rings. The van der Waals surface area contributed by atoms with Crippen molar-refractivity contribution in [2.24, 2.45) is 0 Å². The zero-order valence-corrected chi connectivity index (χ0v) is 11.4. The Labute approximate surface area is 116 Å². The lowest BCUT2D eigenvalue weighted by molar-refractivity contribution is 0.0784. The number of benzene rings is 1. The SMILES string of the molecule is COc1cccc(CN(C)C(=O)c2cc[nH]c(=O)c2)c1. The second-order valence-corrected chi connectivity index (χ2v) is 4.45. The molecule has 1 aromatic heterocycles.